The number of hydrogen-bond donors (Lipinski definition) is 2. The lowest BCUT2D eigenvalue weighted by atomic mass is 10.1. The van der Waals surface area contributed by atoms with E-state index in [1.807, 2.05) is 0 Å². The summed E-state index contributed by atoms with van der Waals surface area (Å²) < 4.78 is 29.9. The van der Waals surface area contributed by atoms with E-state index < -0.39 is 26.4 Å². The molecule has 2 aromatic carbocycles. The van der Waals surface area contributed by atoms with Gasteiger partial charge >= 0.3 is 13.7 Å². The number of aromatic hydroxyl groups is 1. The number of pyridine rings is 1. The molecule has 3 rings (SSSR count). The predicted octanol–water partition coefficient (Wildman–Crippen LogP) is 4.85. The fourth-order valence-electron chi connectivity index (χ4n) is 2.76. The largest absolute Gasteiger partial charge is 0.505 e. The van der Waals surface area contributed by atoms with Crippen LogP contribution in [0.2, 0.25) is 5.02 Å². The molecule has 1 heterocycles. The average molecular weight is 505 g/mol. The maximum absolute atomic E-state index is 13.6. The average Bonchev–Trinajstić information content (AvgIpc) is 2.82. The second-order valence-electron chi connectivity index (χ2n) is 7.15. The van der Waals surface area contributed by atoms with Crippen LogP contribution < -0.4 is 14.3 Å². The molecule has 0 saturated carbocycles. The van der Waals surface area contributed by atoms with E-state index in [-0.39, 0.29) is 34.1 Å². The molecule has 0 amide bonds. The molecule has 0 bridgehead atoms. The summed E-state index contributed by atoms with van der Waals surface area (Å²) in [6.45, 7) is 2.57. The molecule has 0 aliphatic rings. The van der Waals surface area contributed by atoms with Crippen molar-refractivity contribution in [3.05, 3.63) is 82.6 Å². The van der Waals surface area contributed by atoms with Gasteiger partial charge in [0.15, 0.2) is 6.29 Å². The fourth-order valence-corrected chi connectivity index (χ4v) is 4.35. The van der Waals surface area contributed by atoms with Crippen LogP contribution in [0.5, 0.6) is 17.2 Å². The van der Waals surface area contributed by atoms with Crippen LogP contribution in [0.4, 0.5) is 0 Å². The fraction of sp³-hybridized carbons (Fsp3) is 0.174. The Labute approximate surface area is 201 Å². The van der Waals surface area contributed by atoms with Gasteiger partial charge < -0.3 is 14.4 Å². The highest BCUT2D eigenvalue weighted by Crippen LogP contribution is 2.46. The predicted molar refractivity (Wildman–Crippen MR) is 125 cm³/mol. The Balaban J connectivity index is 1.79. The molecule has 178 valence electrons. The summed E-state index contributed by atoms with van der Waals surface area (Å²) in [6, 6.07) is 13.2. The SMILES string of the molecule is Cc1ncc(COP(=O)(NC(C)C(=O)Oc2ccc(Cl)cc2)Oc2ccccc2)c(C=O)c1O. The zero-order valence-corrected chi connectivity index (χ0v) is 20.0. The van der Waals surface area contributed by atoms with Crippen molar-refractivity contribution in [2.24, 2.45) is 0 Å². The highest BCUT2D eigenvalue weighted by Gasteiger charge is 2.33. The summed E-state index contributed by atoms with van der Waals surface area (Å²) in [5, 5.41) is 13.1. The van der Waals surface area contributed by atoms with E-state index in [1.54, 1.807) is 42.5 Å². The number of rotatable bonds is 10. The van der Waals surface area contributed by atoms with Crippen LogP contribution in [0.15, 0.2) is 60.8 Å². The number of nitrogens with one attached hydrogen (secondary N) is 1. The summed E-state index contributed by atoms with van der Waals surface area (Å²) in [5.41, 5.74) is 0.397. The Morgan fingerprint density at radius 3 is 2.50 bits per heavy atom. The Morgan fingerprint density at radius 2 is 1.85 bits per heavy atom. The van der Waals surface area contributed by atoms with Gasteiger partial charge in [-0.2, -0.15) is 5.09 Å². The van der Waals surface area contributed by atoms with Crippen LogP contribution in [-0.4, -0.2) is 28.4 Å². The number of carbonyl (C=O) groups excluding carboxylic acids is 2. The first kappa shape index (κ1) is 25.4. The monoisotopic (exact) mass is 504 g/mol. The number of benzene rings is 2. The van der Waals surface area contributed by atoms with Crippen LogP contribution in [0.3, 0.4) is 0 Å². The molecule has 2 N–H and O–H groups in total. The van der Waals surface area contributed by atoms with E-state index in [2.05, 4.69) is 10.1 Å². The molecule has 2 atom stereocenters. The second kappa shape index (κ2) is 11.3. The molecule has 0 fully saturated rings. The van der Waals surface area contributed by atoms with Crippen LogP contribution >= 0.6 is 19.3 Å². The third kappa shape index (κ3) is 6.65. The molecule has 0 aliphatic carbocycles. The first-order valence-corrected chi connectivity index (χ1v) is 12.0. The van der Waals surface area contributed by atoms with Gasteiger partial charge in [0.2, 0.25) is 0 Å². The van der Waals surface area contributed by atoms with Crippen LogP contribution in [0, 0.1) is 6.92 Å². The van der Waals surface area contributed by atoms with Crippen molar-refractivity contribution in [2.75, 3.05) is 0 Å². The van der Waals surface area contributed by atoms with Crippen molar-refractivity contribution in [2.45, 2.75) is 26.5 Å². The van der Waals surface area contributed by atoms with Crippen molar-refractivity contribution >= 4 is 31.6 Å². The third-order valence-corrected chi connectivity index (χ3v) is 6.45. The Bertz CT molecular complexity index is 1210. The Morgan fingerprint density at radius 1 is 1.18 bits per heavy atom. The summed E-state index contributed by atoms with van der Waals surface area (Å²) in [4.78, 5) is 28.0. The van der Waals surface area contributed by atoms with Gasteiger partial charge in [0.1, 0.15) is 23.3 Å². The summed E-state index contributed by atoms with van der Waals surface area (Å²) in [6.07, 6.45) is 1.77. The molecule has 0 aliphatic heterocycles. The number of ether oxygens (including phenoxy) is 1. The molecule has 1 aromatic heterocycles. The summed E-state index contributed by atoms with van der Waals surface area (Å²) >= 11 is 5.84. The van der Waals surface area contributed by atoms with Crippen molar-refractivity contribution in [3.8, 4) is 17.2 Å². The minimum absolute atomic E-state index is 0.0473. The Kier molecular flexibility index (Phi) is 8.41. The smallest absolute Gasteiger partial charge is 0.459 e. The van der Waals surface area contributed by atoms with Gasteiger partial charge in [-0.15, -0.1) is 0 Å². The maximum Gasteiger partial charge on any atom is 0.459 e. The normalized spacial score (nSPS) is 13.5. The number of nitrogens with zero attached hydrogens (tertiary/aromatic N) is 1. The van der Waals surface area contributed by atoms with E-state index >= 15 is 0 Å². The number of aldehydes is 1. The molecule has 11 heteroatoms. The lowest BCUT2D eigenvalue weighted by Gasteiger charge is -2.23. The highest BCUT2D eigenvalue weighted by atomic mass is 35.5. The van der Waals surface area contributed by atoms with Gasteiger partial charge in [-0.05, 0) is 50.2 Å². The second-order valence-corrected chi connectivity index (χ2v) is 9.28. The van der Waals surface area contributed by atoms with Crippen molar-refractivity contribution < 1.29 is 33.0 Å². The van der Waals surface area contributed by atoms with E-state index in [1.165, 1.54) is 32.2 Å². The molecule has 9 nitrogen and oxygen atoms in total. The van der Waals surface area contributed by atoms with Gasteiger partial charge in [-0.1, -0.05) is 29.8 Å². The lowest BCUT2D eigenvalue weighted by Crippen LogP contribution is -2.36. The number of halogens is 1. The number of para-hydroxylation sites is 1. The first-order valence-electron chi connectivity index (χ1n) is 10.1. The standard InChI is InChI=1S/C23H22ClN2O7P/c1-15-22(28)21(13-27)17(12-25-15)14-31-34(30,33-20-6-4-3-5-7-20)26-16(2)23(29)32-19-10-8-18(24)9-11-19/h3-13,16,28H,14H2,1-2H3,(H,26,30). The minimum atomic E-state index is -4.18. The number of aromatic nitrogens is 1. The number of esters is 1. The topological polar surface area (TPSA) is 124 Å². The van der Waals surface area contributed by atoms with Gasteiger partial charge in [0, 0.05) is 16.8 Å². The molecule has 3 aromatic rings. The van der Waals surface area contributed by atoms with Gasteiger partial charge in [-0.25, -0.2) is 9.36 Å². The van der Waals surface area contributed by atoms with Crippen LogP contribution in [0.1, 0.15) is 28.5 Å². The zero-order chi connectivity index (χ0) is 24.7. The minimum Gasteiger partial charge on any atom is -0.505 e. The molecule has 34 heavy (non-hydrogen) atoms. The van der Waals surface area contributed by atoms with Crippen LogP contribution in [-0.2, 0) is 20.5 Å². The Hall–Kier alpha value is -3.23. The number of hydrogen-bond acceptors (Lipinski definition) is 8. The summed E-state index contributed by atoms with van der Waals surface area (Å²) in [7, 11) is -4.18. The number of aryl methyl sites for hydroxylation is 1. The van der Waals surface area contributed by atoms with Crippen molar-refractivity contribution in [3.63, 3.8) is 0 Å². The molecule has 0 saturated heterocycles. The number of carbonyl (C=O) groups is 2. The summed E-state index contributed by atoms with van der Waals surface area (Å²) in [5.74, 6) is -0.578. The van der Waals surface area contributed by atoms with E-state index in [0.29, 0.717) is 11.3 Å². The maximum atomic E-state index is 13.6. The molecular weight excluding hydrogens is 483 g/mol. The molecule has 0 spiro atoms. The van der Waals surface area contributed by atoms with Crippen LogP contribution in [0.25, 0.3) is 0 Å². The third-order valence-electron chi connectivity index (χ3n) is 4.57. The van der Waals surface area contributed by atoms with Gasteiger partial charge in [0.05, 0.1) is 17.9 Å². The lowest BCUT2D eigenvalue weighted by molar-refractivity contribution is -0.135. The van der Waals surface area contributed by atoms with Crippen molar-refractivity contribution in [1.82, 2.24) is 10.1 Å². The first-order chi connectivity index (χ1) is 16.2. The van der Waals surface area contributed by atoms with E-state index in [9.17, 15) is 19.3 Å². The molecule has 0 radical (unpaired) electrons. The van der Waals surface area contributed by atoms with E-state index in [4.69, 9.17) is 25.4 Å². The zero-order valence-electron chi connectivity index (χ0n) is 18.3. The quantitative estimate of drug-likeness (QED) is 0.172. The van der Waals surface area contributed by atoms with Gasteiger partial charge in [-0.3, -0.25) is 14.3 Å². The van der Waals surface area contributed by atoms with Crippen molar-refractivity contribution in [1.29, 1.82) is 0 Å². The van der Waals surface area contributed by atoms with Gasteiger partial charge in [0.25, 0.3) is 0 Å². The molecular formula is C23H22ClN2O7P. The highest BCUT2D eigenvalue weighted by molar-refractivity contribution is 7.52. The molecule has 2 unspecified atom stereocenters. The van der Waals surface area contributed by atoms with E-state index in [0.717, 1.165) is 0 Å².